The van der Waals surface area contributed by atoms with Crippen molar-refractivity contribution in [1.29, 1.82) is 5.26 Å². The van der Waals surface area contributed by atoms with Gasteiger partial charge < -0.3 is 9.47 Å². The molecule has 0 amide bonds. The third-order valence-electron chi connectivity index (χ3n) is 2.46. The van der Waals surface area contributed by atoms with Gasteiger partial charge in [-0.1, -0.05) is 0 Å². The van der Waals surface area contributed by atoms with E-state index in [4.69, 9.17) is 14.7 Å². The molecule has 3 nitrogen and oxygen atoms in total. The molecule has 1 unspecified atom stereocenters. The molecule has 86 valence electrons. The van der Waals surface area contributed by atoms with Crippen molar-refractivity contribution in [3.8, 4) is 6.07 Å². The highest BCUT2D eigenvalue weighted by Gasteiger charge is 2.17. The fourth-order valence-electron chi connectivity index (χ4n) is 1.57. The van der Waals surface area contributed by atoms with E-state index in [0.717, 1.165) is 19.3 Å². The molecule has 16 heavy (non-hydrogen) atoms. The van der Waals surface area contributed by atoms with Gasteiger partial charge in [0.1, 0.15) is 6.07 Å². The van der Waals surface area contributed by atoms with Crippen LogP contribution in [0.25, 0.3) is 0 Å². The maximum atomic E-state index is 13.5. The quantitative estimate of drug-likeness (QED) is 0.817. The molecule has 1 aromatic rings. The molecule has 0 bridgehead atoms. The van der Waals surface area contributed by atoms with Gasteiger partial charge in [-0.2, -0.15) is 5.26 Å². The molecule has 0 aromatic carbocycles. The first kappa shape index (κ1) is 11.5. The van der Waals surface area contributed by atoms with Crippen LogP contribution in [-0.2, 0) is 16.1 Å². The molecule has 1 fully saturated rings. The Morgan fingerprint density at radius 3 is 3.12 bits per heavy atom. The molecule has 5 heteroatoms. The number of halogens is 1. The van der Waals surface area contributed by atoms with Gasteiger partial charge in [-0.3, -0.25) is 0 Å². The van der Waals surface area contributed by atoms with Crippen molar-refractivity contribution in [2.75, 3.05) is 6.61 Å². The van der Waals surface area contributed by atoms with E-state index >= 15 is 0 Å². The Kier molecular flexibility index (Phi) is 3.88. The van der Waals surface area contributed by atoms with Gasteiger partial charge in [0.2, 0.25) is 0 Å². The highest BCUT2D eigenvalue weighted by atomic mass is 32.1. The van der Waals surface area contributed by atoms with Gasteiger partial charge in [0.25, 0.3) is 0 Å². The monoisotopic (exact) mass is 241 g/mol. The lowest BCUT2D eigenvalue weighted by Crippen LogP contribution is -2.21. The minimum Gasteiger partial charge on any atom is -0.353 e. The van der Waals surface area contributed by atoms with Crippen LogP contribution in [0.15, 0.2) is 5.38 Å². The van der Waals surface area contributed by atoms with Crippen LogP contribution in [-0.4, -0.2) is 12.9 Å². The van der Waals surface area contributed by atoms with Crippen LogP contribution in [0.2, 0.25) is 0 Å². The number of nitriles is 1. The summed E-state index contributed by atoms with van der Waals surface area (Å²) in [6.45, 7) is 0.893. The van der Waals surface area contributed by atoms with Crippen molar-refractivity contribution >= 4 is 11.3 Å². The molecule has 0 saturated carbocycles. The number of ether oxygens (including phenoxy) is 2. The Hall–Kier alpha value is -0.960. The van der Waals surface area contributed by atoms with E-state index in [9.17, 15) is 4.39 Å². The van der Waals surface area contributed by atoms with Gasteiger partial charge in [0.05, 0.1) is 17.0 Å². The smallest absolute Gasteiger partial charge is 0.158 e. The Balaban J connectivity index is 1.89. The summed E-state index contributed by atoms with van der Waals surface area (Å²) in [6, 6.07) is 1.80. The van der Waals surface area contributed by atoms with E-state index in [1.54, 1.807) is 6.07 Å². The lowest BCUT2D eigenvalue weighted by molar-refractivity contribution is -0.168. The zero-order valence-electron chi connectivity index (χ0n) is 8.74. The first-order valence-electron chi connectivity index (χ1n) is 5.20. The fraction of sp³-hybridized carbons (Fsp3) is 0.545. The van der Waals surface area contributed by atoms with E-state index in [1.165, 1.54) is 16.7 Å². The fourth-order valence-corrected chi connectivity index (χ4v) is 2.33. The number of hydrogen-bond acceptors (Lipinski definition) is 4. The van der Waals surface area contributed by atoms with Crippen molar-refractivity contribution in [3.63, 3.8) is 0 Å². The largest absolute Gasteiger partial charge is 0.353 e. The molecular weight excluding hydrogens is 229 g/mol. The molecule has 0 spiro atoms. The standard InChI is InChI=1S/C11H12FNO2S/c12-11-8(5-13)7-16-9(11)6-15-10-3-1-2-4-14-10/h7,10H,1-4,6H2. The lowest BCUT2D eigenvalue weighted by Gasteiger charge is -2.22. The second-order valence-electron chi connectivity index (χ2n) is 3.61. The first-order chi connectivity index (χ1) is 7.81. The van der Waals surface area contributed by atoms with Crippen LogP contribution in [0.3, 0.4) is 0 Å². The topological polar surface area (TPSA) is 42.2 Å². The summed E-state index contributed by atoms with van der Waals surface area (Å²) in [5.41, 5.74) is 0.0909. The maximum Gasteiger partial charge on any atom is 0.158 e. The van der Waals surface area contributed by atoms with Gasteiger partial charge in [-0.15, -0.1) is 11.3 Å². The van der Waals surface area contributed by atoms with Crippen molar-refractivity contribution in [3.05, 3.63) is 21.6 Å². The summed E-state index contributed by atoms with van der Waals surface area (Å²) in [5, 5.41) is 10.1. The van der Waals surface area contributed by atoms with Gasteiger partial charge in [0, 0.05) is 12.0 Å². The summed E-state index contributed by atoms with van der Waals surface area (Å²) in [7, 11) is 0. The summed E-state index contributed by atoms with van der Waals surface area (Å²) >= 11 is 1.21. The number of hydrogen-bond donors (Lipinski definition) is 0. The second kappa shape index (κ2) is 5.39. The highest BCUT2D eigenvalue weighted by molar-refractivity contribution is 7.10. The Morgan fingerprint density at radius 1 is 1.62 bits per heavy atom. The van der Waals surface area contributed by atoms with Crippen LogP contribution in [0.1, 0.15) is 29.7 Å². The molecule has 0 N–H and O–H groups in total. The van der Waals surface area contributed by atoms with Gasteiger partial charge in [0.15, 0.2) is 12.1 Å². The van der Waals surface area contributed by atoms with Crippen LogP contribution >= 0.6 is 11.3 Å². The molecule has 2 rings (SSSR count). The zero-order chi connectivity index (χ0) is 11.4. The number of thiophene rings is 1. The summed E-state index contributed by atoms with van der Waals surface area (Å²) in [4.78, 5) is 0.464. The van der Waals surface area contributed by atoms with Crippen molar-refractivity contribution in [2.24, 2.45) is 0 Å². The van der Waals surface area contributed by atoms with Crippen LogP contribution < -0.4 is 0 Å². The van der Waals surface area contributed by atoms with Crippen LogP contribution in [0.5, 0.6) is 0 Å². The molecule has 1 saturated heterocycles. The third-order valence-corrected chi connectivity index (χ3v) is 3.39. The average Bonchev–Trinajstić information content (AvgIpc) is 2.69. The minimum atomic E-state index is -0.455. The molecule has 1 aromatic heterocycles. The molecule has 1 aliphatic heterocycles. The van der Waals surface area contributed by atoms with Crippen molar-refractivity contribution < 1.29 is 13.9 Å². The lowest BCUT2D eigenvalue weighted by atomic mass is 10.2. The summed E-state index contributed by atoms with van der Waals surface area (Å²) in [6.07, 6.45) is 2.78. The normalized spacial score (nSPS) is 20.6. The Labute approximate surface area is 97.4 Å². The Bertz CT molecular complexity index is 393. The predicted octanol–water partition coefficient (Wildman–Crippen LogP) is 2.80. The summed E-state index contributed by atoms with van der Waals surface area (Å²) < 4.78 is 24.3. The van der Waals surface area contributed by atoms with E-state index in [-0.39, 0.29) is 18.5 Å². The van der Waals surface area contributed by atoms with Crippen molar-refractivity contribution in [2.45, 2.75) is 32.2 Å². The van der Waals surface area contributed by atoms with Gasteiger partial charge >= 0.3 is 0 Å². The van der Waals surface area contributed by atoms with Gasteiger partial charge in [-0.25, -0.2) is 4.39 Å². The van der Waals surface area contributed by atoms with E-state index in [1.807, 2.05) is 0 Å². The molecular formula is C11H12FNO2S. The van der Waals surface area contributed by atoms with E-state index < -0.39 is 5.82 Å². The molecule has 0 radical (unpaired) electrons. The number of rotatable bonds is 3. The highest BCUT2D eigenvalue weighted by Crippen LogP contribution is 2.23. The van der Waals surface area contributed by atoms with E-state index in [0.29, 0.717) is 11.5 Å². The molecule has 1 aliphatic rings. The molecule has 1 atom stereocenters. The van der Waals surface area contributed by atoms with Crippen LogP contribution in [0.4, 0.5) is 4.39 Å². The van der Waals surface area contributed by atoms with Crippen LogP contribution in [0, 0.1) is 17.1 Å². The molecule has 0 aliphatic carbocycles. The average molecular weight is 241 g/mol. The number of nitrogens with zero attached hydrogens (tertiary/aromatic N) is 1. The zero-order valence-corrected chi connectivity index (χ0v) is 9.56. The predicted molar refractivity (Wildman–Crippen MR) is 57.4 cm³/mol. The Morgan fingerprint density at radius 2 is 2.50 bits per heavy atom. The SMILES string of the molecule is N#Cc1csc(COC2CCCCO2)c1F. The van der Waals surface area contributed by atoms with Gasteiger partial charge in [-0.05, 0) is 19.3 Å². The second-order valence-corrected chi connectivity index (χ2v) is 4.57. The van der Waals surface area contributed by atoms with Crippen molar-refractivity contribution in [1.82, 2.24) is 0 Å². The third kappa shape index (κ3) is 2.59. The van der Waals surface area contributed by atoms with E-state index in [2.05, 4.69) is 0 Å². The maximum absolute atomic E-state index is 13.5. The first-order valence-corrected chi connectivity index (χ1v) is 6.08. The molecule has 2 heterocycles. The minimum absolute atomic E-state index is 0.0909. The summed E-state index contributed by atoms with van der Waals surface area (Å²) in [5.74, 6) is -0.455.